The summed E-state index contributed by atoms with van der Waals surface area (Å²) in [5, 5.41) is 1.99. The smallest absolute Gasteiger partial charge is 0.336 e. The average molecular weight is 430 g/mol. The van der Waals surface area contributed by atoms with Crippen molar-refractivity contribution < 1.29 is 8.83 Å². The quantitative estimate of drug-likeness (QED) is 0.228. The molecular formula is C24H18N2O4S. The first-order valence-corrected chi connectivity index (χ1v) is 10.8. The first-order chi connectivity index (χ1) is 15.1. The second kappa shape index (κ2) is 7.92. The van der Waals surface area contributed by atoms with Crippen molar-refractivity contribution in [1.82, 2.24) is 9.55 Å². The van der Waals surface area contributed by atoms with E-state index in [-0.39, 0.29) is 12.1 Å². The molecule has 0 N–H and O–H groups in total. The van der Waals surface area contributed by atoms with Gasteiger partial charge in [-0.1, -0.05) is 36.0 Å². The van der Waals surface area contributed by atoms with Gasteiger partial charge < -0.3 is 8.83 Å². The van der Waals surface area contributed by atoms with Crippen LogP contribution in [0.15, 0.2) is 90.5 Å². The van der Waals surface area contributed by atoms with Gasteiger partial charge >= 0.3 is 5.63 Å². The lowest BCUT2D eigenvalue weighted by Crippen LogP contribution is -2.23. The third-order valence-corrected chi connectivity index (χ3v) is 6.09. The Balaban J connectivity index is 1.58. The molecule has 2 aromatic carbocycles. The highest BCUT2D eigenvalue weighted by atomic mass is 32.2. The molecule has 5 aromatic rings. The van der Waals surface area contributed by atoms with Crippen molar-refractivity contribution in [2.45, 2.75) is 24.4 Å². The Kier molecular flexibility index (Phi) is 4.95. The number of aryl methyl sites for hydroxylation is 1. The summed E-state index contributed by atoms with van der Waals surface area (Å²) in [5.41, 5.74) is 2.53. The summed E-state index contributed by atoms with van der Waals surface area (Å²) in [6.45, 7) is 2.23. The van der Waals surface area contributed by atoms with Crippen LogP contribution in [0.4, 0.5) is 0 Å². The molecule has 0 atom stereocenters. The fourth-order valence-electron chi connectivity index (χ4n) is 3.55. The zero-order chi connectivity index (χ0) is 21.4. The molecule has 0 radical (unpaired) electrons. The largest absolute Gasteiger partial charge is 0.467 e. The Bertz CT molecular complexity index is 1520. The summed E-state index contributed by atoms with van der Waals surface area (Å²) in [4.78, 5) is 30.0. The molecule has 0 saturated heterocycles. The standard InChI is InChI=1S/C24H18N2O4S/c1-15-8-9-18-16(12-22(27)30-21(18)11-15)14-31-24-25-20-7-3-2-6-19(20)23(28)26(24)13-17-5-4-10-29-17/h2-12H,13-14H2,1H3. The van der Waals surface area contributed by atoms with E-state index >= 15 is 0 Å². The minimum atomic E-state index is -0.395. The van der Waals surface area contributed by atoms with Crippen LogP contribution in [-0.2, 0) is 12.3 Å². The number of thioether (sulfide) groups is 1. The highest BCUT2D eigenvalue weighted by Gasteiger charge is 2.14. The SMILES string of the molecule is Cc1ccc2c(CSc3nc4ccccc4c(=O)n3Cc3ccco3)cc(=O)oc2c1. The van der Waals surface area contributed by atoms with Gasteiger partial charge in [0.05, 0.1) is 23.7 Å². The highest BCUT2D eigenvalue weighted by Crippen LogP contribution is 2.27. The van der Waals surface area contributed by atoms with Gasteiger partial charge in [0.25, 0.3) is 5.56 Å². The molecule has 0 aliphatic carbocycles. The van der Waals surface area contributed by atoms with Crippen molar-refractivity contribution in [2.24, 2.45) is 0 Å². The van der Waals surface area contributed by atoms with Crippen LogP contribution >= 0.6 is 11.8 Å². The number of nitrogens with zero attached hydrogens (tertiary/aromatic N) is 2. The molecule has 5 rings (SSSR count). The predicted octanol–water partition coefficient (Wildman–Crippen LogP) is 4.74. The van der Waals surface area contributed by atoms with Crippen LogP contribution in [0.3, 0.4) is 0 Å². The van der Waals surface area contributed by atoms with Gasteiger partial charge in [0.15, 0.2) is 5.16 Å². The molecule has 154 valence electrons. The van der Waals surface area contributed by atoms with Crippen LogP contribution in [-0.4, -0.2) is 9.55 Å². The van der Waals surface area contributed by atoms with Gasteiger partial charge in [-0.15, -0.1) is 0 Å². The maximum absolute atomic E-state index is 13.2. The predicted molar refractivity (Wildman–Crippen MR) is 121 cm³/mol. The number of hydrogen-bond acceptors (Lipinski definition) is 6. The van der Waals surface area contributed by atoms with Crippen molar-refractivity contribution in [3.8, 4) is 0 Å². The van der Waals surface area contributed by atoms with Gasteiger partial charge in [-0.2, -0.15) is 0 Å². The van der Waals surface area contributed by atoms with Crippen molar-refractivity contribution in [2.75, 3.05) is 0 Å². The van der Waals surface area contributed by atoms with Crippen LogP contribution in [0, 0.1) is 6.92 Å². The molecule has 0 aliphatic heterocycles. The minimum absolute atomic E-state index is 0.127. The molecule has 0 saturated carbocycles. The normalized spacial score (nSPS) is 11.4. The van der Waals surface area contributed by atoms with E-state index in [0.29, 0.717) is 33.2 Å². The summed E-state index contributed by atoms with van der Waals surface area (Å²) < 4.78 is 12.4. The van der Waals surface area contributed by atoms with Crippen LogP contribution in [0.5, 0.6) is 0 Å². The van der Waals surface area contributed by atoms with E-state index in [1.165, 1.54) is 17.8 Å². The Labute approximate surface area is 181 Å². The molecular weight excluding hydrogens is 412 g/mol. The van der Waals surface area contributed by atoms with E-state index in [9.17, 15) is 9.59 Å². The van der Waals surface area contributed by atoms with Crippen molar-refractivity contribution in [1.29, 1.82) is 0 Å². The van der Waals surface area contributed by atoms with E-state index in [1.807, 2.05) is 49.4 Å². The fourth-order valence-corrected chi connectivity index (χ4v) is 4.54. The van der Waals surface area contributed by atoms with E-state index in [2.05, 4.69) is 0 Å². The van der Waals surface area contributed by atoms with E-state index in [1.54, 1.807) is 23.0 Å². The summed E-state index contributed by atoms with van der Waals surface area (Å²) in [5.74, 6) is 1.14. The third kappa shape index (κ3) is 3.80. The second-order valence-corrected chi connectivity index (χ2v) is 8.20. The minimum Gasteiger partial charge on any atom is -0.467 e. The van der Waals surface area contributed by atoms with Crippen LogP contribution in [0.25, 0.3) is 21.9 Å². The molecule has 0 amide bonds. The van der Waals surface area contributed by atoms with Gasteiger partial charge in [-0.05, 0) is 48.4 Å². The van der Waals surface area contributed by atoms with Gasteiger partial charge in [-0.3, -0.25) is 9.36 Å². The summed E-state index contributed by atoms with van der Waals surface area (Å²) >= 11 is 1.41. The maximum atomic E-state index is 13.2. The molecule has 3 heterocycles. The molecule has 0 bridgehead atoms. The second-order valence-electron chi connectivity index (χ2n) is 7.26. The molecule has 6 nitrogen and oxygen atoms in total. The molecule has 7 heteroatoms. The topological polar surface area (TPSA) is 78.2 Å². The summed E-state index contributed by atoms with van der Waals surface area (Å²) in [6, 6.07) is 18.2. The summed E-state index contributed by atoms with van der Waals surface area (Å²) in [6.07, 6.45) is 1.58. The summed E-state index contributed by atoms with van der Waals surface area (Å²) in [7, 11) is 0. The molecule has 31 heavy (non-hydrogen) atoms. The van der Waals surface area contributed by atoms with Gasteiger partial charge in [0.1, 0.15) is 11.3 Å². The van der Waals surface area contributed by atoms with Crippen molar-refractivity contribution in [3.63, 3.8) is 0 Å². The number of aromatic nitrogens is 2. The molecule has 0 fully saturated rings. The zero-order valence-electron chi connectivity index (χ0n) is 16.7. The number of para-hydroxylation sites is 1. The maximum Gasteiger partial charge on any atom is 0.336 e. The number of hydrogen-bond donors (Lipinski definition) is 0. The number of benzene rings is 2. The van der Waals surface area contributed by atoms with E-state index in [0.717, 1.165) is 16.5 Å². The lowest BCUT2D eigenvalue weighted by molar-refractivity contribution is 0.476. The number of fused-ring (bicyclic) bond motifs is 2. The molecule has 0 aliphatic rings. The Hall–Kier alpha value is -3.58. The highest BCUT2D eigenvalue weighted by molar-refractivity contribution is 7.98. The first-order valence-electron chi connectivity index (χ1n) is 9.76. The zero-order valence-corrected chi connectivity index (χ0v) is 17.5. The molecule has 3 aromatic heterocycles. The third-order valence-electron chi connectivity index (χ3n) is 5.06. The number of furan rings is 1. The van der Waals surface area contributed by atoms with Crippen molar-refractivity contribution >= 4 is 33.6 Å². The average Bonchev–Trinajstić information content (AvgIpc) is 3.27. The van der Waals surface area contributed by atoms with Gasteiger partial charge in [0.2, 0.25) is 0 Å². The van der Waals surface area contributed by atoms with Crippen molar-refractivity contribution in [3.05, 3.63) is 105 Å². The fraction of sp³-hybridized carbons (Fsp3) is 0.125. The van der Waals surface area contributed by atoms with E-state index in [4.69, 9.17) is 13.8 Å². The monoisotopic (exact) mass is 430 g/mol. The van der Waals surface area contributed by atoms with Crippen LogP contribution < -0.4 is 11.2 Å². The van der Waals surface area contributed by atoms with Gasteiger partial charge in [0, 0.05) is 17.2 Å². The Morgan fingerprint density at radius 1 is 1.00 bits per heavy atom. The number of rotatable bonds is 5. The molecule has 0 unspecified atom stereocenters. The Morgan fingerprint density at radius 2 is 1.87 bits per heavy atom. The Morgan fingerprint density at radius 3 is 2.71 bits per heavy atom. The van der Waals surface area contributed by atoms with Crippen LogP contribution in [0.2, 0.25) is 0 Å². The van der Waals surface area contributed by atoms with Crippen LogP contribution in [0.1, 0.15) is 16.9 Å². The van der Waals surface area contributed by atoms with E-state index < -0.39 is 5.63 Å². The van der Waals surface area contributed by atoms with Gasteiger partial charge in [-0.25, -0.2) is 9.78 Å². The lowest BCUT2D eigenvalue weighted by atomic mass is 10.1. The lowest BCUT2D eigenvalue weighted by Gasteiger charge is -2.12. The molecule has 0 spiro atoms. The first kappa shape index (κ1) is 19.4.